The van der Waals surface area contributed by atoms with Gasteiger partial charge in [-0.3, -0.25) is 9.78 Å². The molecule has 0 saturated heterocycles. The van der Waals surface area contributed by atoms with E-state index in [4.69, 9.17) is 19.1 Å². The zero-order valence-corrected chi connectivity index (χ0v) is 22.3. The molecule has 3 rings (SSSR count). The van der Waals surface area contributed by atoms with Crippen molar-refractivity contribution >= 4 is 12.1 Å². The average molecular weight is 497 g/mol. The molecule has 196 valence electrons. The smallest absolute Gasteiger partial charge is 0.373 e. The summed E-state index contributed by atoms with van der Waals surface area (Å²) in [5, 5.41) is 0. The highest BCUT2D eigenvalue weighted by Gasteiger charge is 2.26. The Morgan fingerprint density at radius 3 is 2.47 bits per heavy atom. The molecule has 0 radical (unpaired) electrons. The Kier molecular flexibility index (Phi) is 11.8. The van der Waals surface area contributed by atoms with Gasteiger partial charge in [-0.05, 0) is 60.1 Å². The highest BCUT2D eigenvalue weighted by molar-refractivity contribution is 5.79. The quantitative estimate of drug-likeness (QED) is 0.445. The van der Waals surface area contributed by atoms with Gasteiger partial charge in [0.25, 0.3) is 0 Å². The fraction of sp³-hybridized carbons (Fsp3) is 0.552. The van der Waals surface area contributed by atoms with Crippen LogP contribution in [-0.2, 0) is 44.9 Å². The van der Waals surface area contributed by atoms with Crippen LogP contribution in [0.25, 0.3) is 0 Å². The third-order valence-corrected chi connectivity index (χ3v) is 6.15. The maximum atomic E-state index is 12.9. The van der Waals surface area contributed by atoms with E-state index in [1.807, 2.05) is 24.0 Å². The van der Waals surface area contributed by atoms with Crippen LogP contribution in [0.1, 0.15) is 63.6 Å². The van der Waals surface area contributed by atoms with E-state index in [1.165, 1.54) is 11.1 Å². The lowest BCUT2D eigenvalue weighted by atomic mass is 9.93. The van der Waals surface area contributed by atoms with Gasteiger partial charge in [0.05, 0.1) is 13.2 Å². The van der Waals surface area contributed by atoms with Crippen molar-refractivity contribution in [3.63, 3.8) is 0 Å². The topological polar surface area (TPSA) is 85.8 Å². The lowest BCUT2D eigenvalue weighted by Crippen LogP contribution is -2.36. The first-order chi connectivity index (χ1) is 17.2. The molecule has 1 amide bonds. The number of aryl methyl sites for hydroxylation is 1. The number of carbonyl (C=O) groups excluding carboxylic acids is 3. The van der Waals surface area contributed by atoms with Crippen molar-refractivity contribution < 1.29 is 23.9 Å². The van der Waals surface area contributed by atoms with E-state index >= 15 is 0 Å². The number of rotatable bonds is 10. The number of nitrogens with zero attached hydrogens (tertiary/aromatic N) is 2. The number of aromatic nitrogens is 1. The van der Waals surface area contributed by atoms with Crippen molar-refractivity contribution in [3.05, 3.63) is 58.9 Å². The number of benzene rings is 1. The average Bonchev–Trinajstić information content (AvgIpc) is 2.95. The van der Waals surface area contributed by atoms with Gasteiger partial charge in [0.2, 0.25) is 5.91 Å². The largest absolute Gasteiger partial charge is 0.493 e. The standard InChI is InChI=1S/C28H40N2O3.CO2/c1-6-24-8-7-9-25(29-24)12-15-33-26-11-10-22-18-21(2)27(31)30(20-23(22)19-26)14-17-32-16-13-28(3,4)5;2-1-3/h7-11,19,21H,6,12-18,20H2,1-5H3;/t21-;/m1./s1. The summed E-state index contributed by atoms with van der Waals surface area (Å²) < 4.78 is 11.9. The lowest BCUT2D eigenvalue weighted by molar-refractivity contribution is -0.191. The molecule has 2 heterocycles. The minimum Gasteiger partial charge on any atom is -0.493 e. The summed E-state index contributed by atoms with van der Waals surface area (Å²) in [4.78, 5) is 35.8. The van der Waals surface area contributed by atoms with Crippen LogP contribution in [0.2, 0.25) is 0 Å². The third kappa shape index (κ3) is 9.92. The number of fused-ring (bicyclic) bond motifs is 1. The van der Waals surface area contributed by atoms with Crippen molar-refractivity contribution in [2.24, 2.45) is 11.3 Å². The van der Waals surface area contributed by atoms with Crippen molar-refractivity contribution in [2.45, 2.75) is 66.8 Å². The second-order valence-corrected chi connectivity index (χ2v) is 10.4. The summed E-state index contributed by atoms with van der Waals surface area (Å²) in [5.41, 5.74) is 4.83. The van der Waals surface area contributed by atoms with Gasteiger partial charge in [0.15, 0.2) is 0 Å². The number of hydrogen-bond acceptors (Lipinski definition) is 6. The van der Waals surface area contributed by atoms with Crippen molar-refractivity contribution in [1.29, 1.82) is 0 Å². The maximum absolute atomic E-state index is 12.9. The van der Waals surface area contributed by atoms with Crippen LogP contribution in [0.4, 0.5) is 0 Å². The van der Waals surface area contributed by atoms with Gasteiger partial charge in [0.1, 0.15) is 5.75 Å². The van der Waals surface area contributed by atoms with Crippen LogP contribution in [-0.4, -0.2) is 48.3 Å². The third-order valence-electron chi connectivity index (χ3n) is 6.15. The zero-order chi connectivity index (χ0) is 26.6. The van der Waals surface area contributed by atoms with Crippen molar-refractivity contribution in [3.8, 4) is 5.75 Å². The highest BCUT2D eigenvalue weighted by atomic mass is 16.5. The number of carbonyl (C=O) groups is 1. The van der Waals surface area contributed by atoms with E-state index in [0.29, 0.717) is 26.3 Å². The molecule has 0 bridgehead atoms. The minimum atomic E-state index is -0.0236. The van der Waals surface area contributed by atoms with E-state index in [1.54, 1.807) is 0 Å². The number of amides is 1. The molecule has 0 spiro atoms. The molecule has 0 saturated carbocycles. The van der Waals surface area contributed by atoms with Crippen LogP contribution < -0.4 is 4.74 Å². The highest BCUT2D eigenvalue weighted by Crippen LogP contribution is 2.27. The van der Waals surface area contributed by atoms with Crippen LogP contribution in [0.5, 0.6) is 5.75 Å². The Morgan fingerprint density at radius 1 is 1.06 bits per heavy atom. The van der Waals surface area contributed by atoms with Gasteiger partial charge in [-0.15, -0.1) is 0 Å². The fourth-order valence-corrected chi connectivity index (χ4v) is 4.03. The monoisotopic (exact) mass is 496 g/mol. The fourth-order valence-electron chi connectivity index (χ4n) is 4.03. The van der Waals surface area contributed by atoms with Crippen LogP contribution in [0.3, 0.4) is 0 Å². The first-order valence-electron chi connectivity index (χ1n) is 12.7. The molecule has 36 heavy (non-hydrogen) atoms. The second kappa shape index (κ2) is 14.5. The van der Waals surface area contributed by atoms with Gasteiger partial charge in [-0.25, -0.2) is 0 Å². The number of ether oxygens (including phenoxy) is 2. The summed E-state index contributed by atoms with van der Waals surface area (Å²) in [6.07, 6.45) is 3.75. The van der Waals surface area contributed by atoms with Gasteiger partial charge < -0.3 is 14.4 Å². The summed E-state index contributed by atoms with van der Waals surface area (Å²) in [6, 6.07) is 12.4. The second-order valence-electron chi connectivity index (χ2n) is 10.4. The molecule has 0 fully saturated rings. The van der Waals surface area contributed by atoms with E-state index in [-0.39, 0.29) is 23.4 Å². The van der Waals surface area contributed by atoms with Crippen molar-refractivity contribution in [2.75, 3.05) is 26.4 Å². The van der Waals surface area contributed by atoms with Crippen LogP contribution >= 0.6 is 0 Å². The number of pyridine rings is 1. The normalized spacial score (nSPS) is 15.3. The van der Waals surface area contributed by atoms with Crippen LogP contribution in [0, 0.1) is 11.3 Å². The lowest BCUT2D eigenvalue weighted by Gasteiger charge is -2.24. The molecule has 1 aromatic heterocycles. The molecule has 7 nitrogen and oxygen atoms in total. The predicted molar refractivity (Wildman–Crippen MR) is 137 cm³/mol. The molecule has 7 heteroatoms. The number of hydrogen-bond donors (Lipinski definition) is 0. The molecule has 2 aromatic rings. The molecule has 1 aromatic carbocycles. The predicted octanol–water partition coefficient (Wildman–Crippen LogP) is 4.66. The minimum absolute atomic E-state index is 0.0236. The zero-order valence-electron chi connectivity index (χ0n) is 22.3. The Balaban J connectivity index is 0.00000145. The molecule has 1 aliphatic heterocycles. The Morgan fingerprint density at radius 2 is 1.78 bits per heavy atom. The van der Waals surface area contributed by atoms with Gasteiger partial charge in [0, 0.05) is 43.4 Å². The van der Waals surface area contributed by atoms with Gasteiger partial charge >= 0.3 is 6.15 Å². The molecule has 0 aliphatic carbocycles. The van der Waals surface area contributed by atoms with E-state index < -0.39 is 0 Å². The molecule has 1 aliphatic rings. The molecule has 1 atom stereocenters. The Labute approximate surface area is 215 Å². The van der Waals surface area contributed by atoms with Gasteiger partial charge in [-0.1, -0.05) is 46.8 Å². The first-order valence-corrected chi connectivity index (χ1v) is 12.7. The summed E-state index contributed by atoms with van der Waals surface area (Å²) in [5.74, 6) is 1.03. The van der Waals surface area contributed by atoms with E-state index in [9.17, 15) is 4.79 Å². The first kappa shape index (κ1) is 29.2. The van der Waals surface area contributed by atoms with Crippen LogP contribution in [0.15, 0.2) is 36.4 Å². The maximum Gasteiger partial charge on any atom is 0.373 e. The van der Waals surface area contributed by atoms with E-state index in [2.05, 4.69) is 56.9 Å². The summed E-state index contributed by atoms with van der Waals surface area (Å²) in [6.45, 7) is 13.9. The van der Waals surface area contributed by atoms with E-state index in [0.717, 1.165) is 49.4 Å². The molecular formula is C29H40N2O5. The summed E-state index contributed by atoms with van der Waals surface area (Å²) >= 11 is 0. The van der Waals surface area contributed by atoms with Gasteiger partial charge in [-0.2, -0.15) is 9.59 Å². The summed E-state index contributed by atoms with van der Waals surface area (Å²) in [7, 11) is 0. The molecular weight excluding hydrogens is 456 g/mol. The molecule has 0 unspecified atom stereocenters. The molecule has 0 N–H and O–H groups in total. The van der Waals surface area contributed by atoms with Crippen molar-refractivity contribution in [1.82, 2.24) is 9.88 Å². The Bertz CT molecular complexity index is 1010. The SMILES string of the molecule is CCc1cccc(CCOc2ccc3c(c2)CN(CCOCCC(C)(C)C)C(=O)[C@H](C)C3)n1.O=C=O. The Hall–Kier alpha value is -3.02.